The fourth-order valence-electron chi connectivity index (χ4n) is 4.20. The van der Waals surface area contributed by atoms with Crippen molar-refractivity contribution in [1.82, 2.24) is 4.98 Å². The predicted octanol–water partition coefficient (Wildman–Crippen LogP) is 1.73. The van der Waals surface area contributed by atoms with Crippen LogP contribution in [-0.2, 0) is 11.3 Å². The average Bonchev–Trinajstić information content (AvgIpc) is 3.17. The van der Waals surface area contributed by atoms with Gasteiger partial charge < -0.3 is 15.1 Å². The molecule has 30 heavy (non-hydrogen) atoms. The highest BCUT2D eigenvalue weighted by Gasteiger charge is 2.26. The van der Waals surface area contributed by atoms with Crippen molar-refractivity contribution in [2.75, 3.05) is 38.0 Å². The van der Waals surface area contributed by atoms with E-state index in [0.29, 0.717) is 12.5 Å². The van der Waals surface area contributed by atoms with Crippen molar-refractivity contribution in [3.05, 3.63) is 59.1 Å². The molecule has 2 aromatic carbocycles. The van der Waals surface area contributed by atoms with Crippen LogP contribution in [0, 0.1) is 0 Å². The lowest BCUT2D eigenvalue weighted by molar-refractivity contribution is -1.01. The maximum absolute atomic E-state index is 12.7. The number of hydrogen-bond donors (Lipinski definition) is 3. The maximum Gasteiger partial charge on any atom is 0.279 e. The molecule has 6 heteroatoms. The van der Waals surface area contributed by atoms with Crippen LogP contribution in [0.1, 0.15) is 36.8 Å². The van der Waals surface area contributed by atoms with E-state index >= 15 is 0 Å². The van der Waals surface area contributed by atoms with E-state index in [1.165, 1.54) is 20.2 Å². The standard InChI is InChI=1S/C24H30N4OS/c1-3-18(2)19-8-4-5-9-20(19)25-23(29)16-27-12-14-28(15-13-27)17-24-26-21-10-6-7-11-22(21)30-24/h4-11,18H,3,12-17H2,1-2H3,(H,25,29)/p+2/t18-/m1/s1. The molecule has 0 saturated carbocycles. The zero-order valence-corrected chi connectivity index (χ0v) is 18.7. The second kappa shape index (κ2) is 9.69. The molecule has 4 rings (SSSR count). The number of amides is 1. The fraction of sp³-hybridized carbons (Fsp3) is 0.417. The molecule has 1 fully saturated rings. The number of para-hydroxylation sites is 2. The number of rotatable bonds is 7. The molecule has 1 aliphatic heterocycles. The summed E-state index contributed by atoms with van der Waals surface area (Å²) in [6.07, 6.45) is 1.07. The molecular formula is C24H32N4OS+2. The smallest absolute Gasteiger partial charge is 0.279 e. The van der Waals surface area contributed by atoms with E-state index in [-0.39, 0.29) is 5.91 Å². The molecule has 0 aliphatic carbocycles. The van der Waals surface area contributed by atoms with E-state index in [1.807, 2.05) is 18.2 Å². The number of fused-ring (bicyclic) bond motifs is 1. The molecule has 0 bridgehead atoms. The van der Waals surface area contributed by atoms with Crippen LogP contribution in [0.25, 0.3) is 10.2 Å². The van der Waals surface area contributed by atoms with Gasteiger partial charge in [0.1, 0.15) is 37.7 Å². The summed E-state index contributed by atoms with van der Waals surface area (Å²) in [6, 6.07) is 16.6. The third kappa shape index (κ3) is 5.06. The Kier molecular flexibility index (Phi) is 6.77. The van der Waals surface area contributed by atoms with E-state index in [1.54, 1.807) is 16.2 Å². The molecule has 1 saturated heterocycles. The summed E-state index contributed by atoms with van der Waals surface area (Å²) in [5, 5.41) is 4.38. The summed E-state index contributed by atoms with van der Waals surface area (Å²) >= 11 is 1.81. The number of thiazole rings is 1. The van der Waals surface area contributed by atoms with E-state index in [9.17, 15) is 4.79 Å². The van der Waals surface area contributed by atoms with Crippen molar-refractivity contribution in [1.29, 1.82) is 0 Å². The van der Waals surface area contributed by atoms with E-state index in [0.717, 1.165) is 50.3 Å². The summed E-state index contributed by atoms with van der Waals surface area (Å²) in [6.45, 7) is 10.2. The Morgan fingerprint density at radius 1 is 1.07 bits per heavy atom. The van der Waals surface area contributed by atoms with Crippen molar-refractivity contribution in [2.24, 2.45) is 0 Å². The van der Waals surface area contributed by atoms with Gasteiger partial charge in [0, 0.05) is 5.69 Å². The second-order valence-electron chi connectivity index (χ2n) is 8.37. The first-order valence-corrected chi connectivity index (χ1v) is 11.8. The van der Waals surface area contributed by atoms with Gasteiger partial charge in [-0.05, 0) is 36.1 Å². The van der Waals surface area contributed by atoms with Gasteiger partial charge in [0.25, 0.3) is 5.91 Å². The van der Waals surface area contributed by atoms with E-state index in [4.69, 9.17) is 4.98 Å². The molecule has 1 atom stereocenters. The molecule has 3 N–H and O–H groups in total. The molecule has 3 aromatic rings. The van der Waals surface area contributed by atoms with Crippen LogP contribution in [-0.4, -0.2) is 43.6 Å². The Morgan fingerprint density at radius 2 is 1.77 bits per heavy atom. The highest BCUT2D eigenvalue weighted by atomic mass is 32.1. The van der Waals surface area contributed by atoms with Crippen molar-refractivity contribution in [3.8, 4) is 0 Å². The summed E-state index contributed by atoms with van der Waals surface area (Å²) in [7, 11) is 0. The van der Waals surface area contributed by atoms with Crippen molar-refractivity contribution in [2.45, 2.75) is 32.7 Å². The van der Waals surface area contributed by atoms with Crippen LogP contribution < -0.4 is 15.1 Å². The first-order chi connectivity index (χ1) is 14.6. The first kappa shape index (κ1) is 21.0. The summed E-state index contributed by atoms with van der Waals surface area (Å²) in [5.74, 6) is 0.568. The van der Waals surface area contributed by atoms with Crippen molar-refractivity contribution in [3.63, 3.8) is 0 Å². The van der Waals surface area contributed by atoms with Crippen molar-refractivity contribution < 1.29 is 14.6 Å². The number of nitrogens with one attached hydrogen (secondary N) is 3. The molecular weight excluding hydrogens is 392 g/mol. The van der Waals surface area contributed by atoms with E-state index < -0.39 is 0 Å². The molecule has 158 valence electrons. The highest BCUT2D eigenvalue weighted by molar-refractivity contribution is 7.18. The number of carbonyl (C=O) groups excluding carboxylic acids is 1. The SMILES string of the molecule is CC[C@@H](C)c1ccccc1NC(=O)C[NH+]1CC[NH+](Cc2nc3ccccc3s2)CC1. The average molecular weight is 425 g/mol. The zero-order valence-electron chi connectivity index (χ0n) is 17.9. The lowest BCUT2D eigenvalue weighted by Gasteiger charge is -2.29. The van der Waals surface area contributed by atoms with Crippen LogP contribution >= 0.6 is 11.3 Å². The number of carbonyl (C=O) groups is 1. The number of quaternary nitrogens is 2. The normalized spacial score (nSPS) is 20.2. The predicted molar refractivity (Wildman–Crippen MR) is 123 cm³/mol. The minimum absolute atomic E-state index is 0.121. The van der Waals surface area contributed by atoms with Crippen molar-refractivity contribution >= 4 is 33.1 Å². The van der Waals surface area contributed by atoms with Crippen LogP contribution in [0.4, 0.5) is 5.69 Å². The van der Waals surface area contributed by atoms with Gasteiger partial charge >= 0.3 is 0 Å². The third-order valence-electron chi connectivity index (χ3n) is 6.19. The van der Waals surface area contributed by atoms with Gasteiger partial charge in [0.15, 0.2) is 6.54 Å². The molecule has 2 heterocycles. The first-order valence-electron chi connectivity index (χ1n) is 11.0. The molecule has 5 nitrogen and oxygen atoms in total. The maximum atomic E-state index is 12.7. The van der Waals surface area contributed by atoms with Gasteiger partial charge in [0.05, 0.1) is 10.2 Å². The van der Waals surface area contributed by atoms with Gasteiger partial charge in [-0.3, -0.25) is 4.79 Å². The lowest BCUT2D eigenvalue weighted by Crippen LogP contribution is -3.28. The minimum atomic E-state index is 0.121. The topological polar surface area (TPSA) is 50.9 Å². The van der Waals surface area contributed by atoms with Crippen LogP contribution in [0.5, 0.6) is 0 Å². The fourth-order valence-corrected chi connectivity index (χ4v) is 5.24. The number of hydrogen-bond acceptors (Lipinski definition) is 3. The quantitative estimate of drug-likeness (QED) is 0.541. The van der Waals surface area contributed by atoms with Gasteiger partial charge in [-0.25, -0.2) is 4.98 Å². The van der Waals surface area contributed by atoms with Gasteiger partial charge in [-0.1, -0.05) is 44.2 Å². The molecule has 1 amide bonds. The molecule has 1 aliphatic rings. The summed E-state index contributed by atoms with van der Waals surface area (Å²) < 4.78 is 1.27. The van der Waals surface area contributed by atoms with Crippen LogP contribution in [0.2, 0.25) is 0 Å². The van der Waals surface area contributed by atoms with Gasteiger partial charge in [-0.15, -0.1) is 11.3 Å². The monoisotopic (exact) mass is 424 g/mol. The molecule has 0 unspecified atom stereocenters. The van der Waals surface area contributed by atoms with E-state index in [2.05, 4.69) is 49.5 Å². The summed E-state index contributed by atoms with van der Waals surface area (Å²) in [5.41, 5.74) is 3.31. The van der Waals surface area contributed by atoms with Gasteiger partial charge in [-0.2, -0.15) is 0 Å². The molecule has 0 radical (unpaired) electrons. The largest absolute Gasteiger partial charge is 0.321 e. The van der Waals surface area contributed by atoms with Crippen LogP contribution in [0.15, 0.2) is 48.5 Å². The minimum Gasteiger partial charge on any atom is -0.321 e. The Hall–Kier alpha value is -2.28. The van der Waals surface area contributed by atoms with Crippen LogP contribution in [0.3, 0.4) is 0 Å². The van der Waals surface area contributed by atoms with Gasteiger partial charge in [0.2, 0.25) is 0 Å². The Morgan fingerprint density at radius 3 is 2.53 bits per heavy atom. The Labute approximate surface area is 182 Å². The molecule has 0 spiro atoms. The second-order valence-corrected chi connectivity index (χ2v) is 9.49. The number of anilines is 1. The number of nitrogens with zero attached hydrogens (tertiary/aromatic N) is 1. The Bertz CT molecular complexity index is 961. The number of piperazine rings is 1. The number of benzene rings is 2. The lowest BCUT2D eigenvalue weighted by atomic mass is 9.97. The molecule has 1 aromatic heterocycles. The third-order valence-corrected chi connectivity index (χ3v) is 7.23. The highest BCUT2D eigenvalue weighted by Crippen LogP contribution is 2.26. The zero-order chi connectivity index (χ0) is 20.9. The number of aromatic nitrogens is 1. The Balaban J connectivity index is 1.27. The summed E-state index contributed by atoms with van der Waals surface area (Å²) in [4.78, 5) is 20.4.